The van der Waals surface area contributed by atoms with Crippen LogP contribution in [0, 0.1) is 0 Å². The van der Waals surface area contributed by atoms with Gasteiger partial charge in [0.2, 0.25) is 5.91 Å². The summed E-state index contributed by atoms with van der Waals surface area (Å²) in [6.45, 7) is 7.51. The first-order valence-electron chi connectivity index (χ1n) is 13.3. The van der Waals surface area contributed by atoms with Crippen molar-refractivity contribution in [2.75, 3.05) is 38.2 Å². The Hall–Kier alpha value is -3.85. The summed E-state index contributed by atoms with van der Waals surface area (Å²) >= 11 is 6.15. The molecule has 0 aliphatic carbocycles. The normalized spacial score (nSPS) is 14.5. The molecule has 4 rings (SSSR count). The number of aromatic nitrogens is 1. The molecule has 2 heterocycles. The van der Waals surface area contributed by atoms with Gasteiger partial charge in [-0.05, 0) is 57.5 Å². The highest BCUT2D eigenvalue weighted by molar-refractivity contribution is 6.30. The first-order valence-corrected chi connectivity index (χ1v) is 13.7. The number of esters is 1. The summed E-state index contributed by atoms with van der Waals surface area (Å²) in [5.74, 6) is -0.708. The van der Waals surface area contributed by atoms with Gasteiger partial charge in [-0.25, -0.2) is 4.98 Å². The smallest absolute Gasteiger partial charge is 0.306 e. The van der Waals surface area contributed by atoms with Gasteiger partial charge in [0.25, 0.3) is 5.91 Å². The summed E-state index contributed by atoms with van der Waals surface area (Å²) in [7, 11) is 1.53. The monoisotopic (exact) mass is 566 g/mol. The van der Waals surface area contributed by atoms with E-state index in [0.717, 1.165) is 11.1 Å². The van der Waals surface area contributed by atoms with E-state index in [-0.39, 0.29) is 24.4 Å². The number of para-hydroxylation sites is 1. The lowest BCUT2D eigenvalue weighted by molar-refractivity contribution is -0.155. The molecule has 0 radical (unpaired) electrons. The van der Waals surface area contributed by atoms with Crippen LogP contribution in [0.4, 0.5) is 5.69 Å². The van der Waals surface area contributed by atoms with E-state index in [4.69, 9.17) is 21.1 Å². The molecule has 1 unspecified atom stereocenters. The third-order valence-electron chi connectivity index (χ3n) is 6.56. The molecule has 0 saturated carbocycles. The Morgan fingerprint density at radius 2 is 1.75 bits per heavy atom. The van der Waals surface area contributed by atoms with Crippen molar-refractivity contribution >= 4 is 46.0 Å². The summed E-state index contributed by atoms with van der Waals surface area (Å²) in [4.78, 5) is 47.9. The number of nitrogens with one attached hydrogen (secondary N) is 1. The molecule has 40 heavy (non-hydrogen) atoms. The zero-order chi connectivity index (χ0) is 28.9. The fourth-order valence-corrected chi connectivity index (χ4v) is 4.84. The third-order valence-corrected chi connectivity index (χ3v) is 6.79. The van der Waals surface area contributed by atoms with Crippen LogP contribution in [0.15, 0.2) is 54.6 Å². The molecule has 1 fully saturated rings. The van der Waals surface area contributed by atoms with Crippen molar-refractivity contribution in [1.29, 1.82) is 0 Å². The zero-order valence-corrected chi connectivity index (χ0v) is 24.0. The van der Waals surface area contributed by atoms with Gasteiger partial charge in [-0.15, -0.1) is 0 Å². The van der Waals surface area contributed by atoms with Gasteiger partial charge in [-0.3, -0.25) is 14.4 Å². The number of methoxy groups -OCH3 is 1. The van der Waals surface area contributed by atoms with E-state index >= 15 is 0 Å². The number of hydrogen-bond donors (Lipinski definition) is 1. The number of benzene rings is 2. The number of ether oxygens (including phenoxy) is 2. The second kappa shape index (κ2) is 12.6. The van der Waals surface area contributed by atoms with Crippen LogP contribution in [0.25, 0.3) is 10.9 Å². The largest absolute Gasteiger partial charge is 0.496 e. The Balaban J connectivity index is 1.50. The number of pyridine rings is 1. The first-order chi connectivity index (χ1) is 19.0. The Morgan fingerprint density at radius 3 is 2.42 bits per heavy atom. The van der Waals surface area contributed by atoms with Crippen LogP contribution in [0.1, 0.15) is 44.1 Å². The average molecular weight is 567 g/mol. The van der Waals surface area contributed by atoms with Gasteiger partial charge in [-0.1, -0.05) is 29.8 Å². The topological polar surface area (TPSA) is 101 Å². The molecular formula is C30H35ClN4O5. The number of anilines is 1. The van der Waals surface area contributed by atoms with Crippen LogP contribution in [0.3, 0.4) is 0 Å². The molecule has 3 aromatic rings. The molecule has 1 atom stereocenters. The maximum atomic E-state index is 13.7. The maximum absolute atomic E-state index is 13.7. The molecule has 9 nitrogen and oxygen atoms in total. The molecule has 0 bridgehead atoms. The predicted octanol–water partition coefficient (Wildman–Crippen LogP) is 4.47. The molecule has 1 N–H and O–H groups in total. The molecular weight excluding hydrogens is 532 g/mol. The van der Waals surface area contributed by atoms with E-state index in [1.807, 2.05) is 42.5 Å². The van der Waals surface area contributed by atoms with Crippen molar-refractivity contribution < 1.29 is 23.9 Å². The van der Waals surface area contributed by atoms with Crippen LogP contribution >= 0.6 is 11.6 Å². The van der Waals surface area contributed by atoms with E-state index < -0.39 is 23.5 Å². The van der Waals surface area contributed by atoms with E-state index in [9.17, 15) is 14.4 Å². The summed E-state index contributed by atoms with van der Waals surface area (Å²) in [6, 6.07) is 15.6. The summed E-state index contributed by atoms with van der Waals surface area (Å²) in [6.07, 6.45) is 0.0730. The second-order valence-corrected chi connectivity index (χ2v) is 11.1. The number of amides is 2. The Labute approximate surface area is 239 Å². The molecule has 1 saturated heterocycles. The van der Waals surface area contributed by atoms with Crippen molar-refractivity contribution in [3.63, 3.8) is 0 Å². The standard InChI is InChI=1S/C30H35ClN4O5/c1-30(2,3)40-27(36)13-12-24(29(38)35-16-14-34(15-17-35)21-9-7-8-20(31)18-21)33-28(37)25-19-26(39-4)22-10-5-6-11-23(22)32-25/h5-11,18-19,24H,12-17H2,1-4H3,(H,33,37). The van der Waals surface area contributed by atoms with E-state index in [2.05, 4.69) is 15.2 Å². The fourth-order valence-electron chi connectivity index (χ4n) is 4.65. The number of fused-ring (bicyclic) bond motifs is 1. The van der Waals surface area contributed by atoms with Crippen LogP contribution in [-0.2, 0) is 14.3 Å². The molecule has 1 aliphatic heterocycles. The molecule has 0 spiro atoms. The zero-order valence-electron chi connectivity index (χ0n) is 23.3. The van der Waals surface area contributed by atoms with Crippen molar-refractivity contribution in [1.82, 2.24) is 15.2 Å². The van der Waals surface area contributed by atoms with Gasteiger partial charge in [0, 0.05) is 54.8 Å². The van der Waals surface area contributed by atoms with E-state index in [1.54, 1.807) is 37.8 Å². The number of halogens is 1. The fraction of sp³-hybridized carbons (Fsp3) is 0.400. The number of nitrogens with zero attached hydrogens (tertiary/aromatic N) is 3. The SMILES string of the molecule is COc1cc(C(=O)NC(CCC(=O)OC(C)(C)C)C(=O)N2CCN(c3cccc(Cl)c3)CC2)nc2ccccc12. The highest BCUT2D eigenvalue weighted by Gasteiger charge is 2.31. The minimum Gasteiger partial charge on any atom is -0.496 e. The quantitative estimate of drug-likeness (QED) is 0.402. The van der Waals surface area contributed by atoms with Crippen LogP contribution in [0.5, 0.6) is 5.75 Å². The van der Waals surface area contributed by atoms with E-state index in [1.165, 1.54) is 7.11 Å². The molecule has 2 aromatic carbocycles. The minimum absolute atomic E-state index is 0.0229. The van der Waals surface area contributed by atoms with Gasteiger partial charge < -0.3 is 24.6 Å². The Morgan fingerprint density at radius 1 is 1.02 bits per heavy atom. The second-order valence-electron chi connectivity index (χ2n) is 10.7. The maximum Gasteiger partial charge on any atom is 0.306 e. The Bertz CT molecular complexity index is 1380. The summed E-state index contributed by atoms with van der Waals surface area (Å²) < 4.78 is 10.9. The van der Waals surface area contributed by atoms with Crippen molar-refractivity contribution in [3.05, 3.63) is 65.3 Å². The van der Waals surface area contributed by atoms with Crippen LogP contribution in [0.2, 0.25) is 5.02 Å². The summed E-state index contributed by atoms with van der Waals surface area (Å²) in [5, 5.41) is 4.26. The first kappa shape index (κ1) is 29.1. The van der Waals surface area contributed by atoms with Gasteiger partial charge >= 0.3 is 5.97 Å². The molecule has 2 amide bonds. The van der Waals surface area contributed by atoms with Crippen molar-refractivity contribution in [3.8, 4) is 5.75 Å². The highest BCUT2D eigenvalue weighted by Crippen LogP contribution is 2.25. The molecule has 212 valence electrons. The molecule has 1 aliphatic rings. The lowest BCUT2D eigenvalue weighted by atomic mass is 10.1. The lowest BCUT2D eigenvalue weighted by Gasteiger charge is -2.37. The number of piperazine rings is 1. The molecule has 1 aromatic heterocycles. The Kier molecular flexibility index (Phi) is 9.14. The third kappa shape index (κ3) is 7.41. The number of hydrogen-bond acceptors (Lipinski definition) is 7. The molecule has 10 heteroatoms. The minimum atomic E-state index is -0.933. The lowest BCUT2D eigenvalue weighted by Crippen LogP contribution is -2.55. The van der Waals surface area contributed by atoms with Gasteiger partial charge in [-0.2, -0.15) is 0 Å². The number of carbonyl (C=O) groups is 3. The van der Waals surface area contributed by atoms with Crippen molar-refractivity contribution in [2.45, 2.75) is 45.3 Å². The van der Waals surface area contributed by atoms with Crippen LogP contribution in [-0.4, -0.2) is 72.6 Å². The van der Waals surface area contributed by atoms with Crippen LogP contribution < -0.4 is 15.0 Å². The average Bonchev–Trinajstić information content (AvgIpc) is 2.93. The predicted molar refractivity (Wildman–Crippen MR) is 155 cm³/mol. The van der Waals surface area contributed by atoms with E-state index in [0.29, 0.717) is 42.5 Å². The van der Waals surface area contributed by atoms with Gasteiger partial charge in [0.15, 0.2) is 0 Å². The van der Waals surface area contributed by atoms with Crippen molar-refractivity contribution in [2.24, 2.45) is 0 Å². The number of carbonyl (C=O) groups excluding carboxylic acids is 3. The number of rotatable bonds is 8. The summed E-state index contributed by atoms with van der Waals surface area (Å²) in [5.41, 5.74) is 1.06. The highest BCUT2D eigenvalue weighted by atomic mass is 35.5. The van der Waals surface area contributed by atoms with Gasteiger partial charge in [0.1, 0.15) is 23.1 Å². The van der Waals surface area contributed by atoms with Gasteiger partial charge in [0.05, 0.1) is 12.6 Å².